The lowest BCUT2D eigenvalue weighted by molar-refractivity contribution is -0.141. The summed E-state index contributed by atoms with van der Waals surface area (Å²) < 4.78 is 5.12. The highest BCUT2D eigenvalue weighted by Gasteiger charge is 2.24. The standard InChI is InChI=1S/C9H13NO3/c1-5(6(2)9(11)12)8-7(3)10-4-13-8/h4-6H,1-3H3,(H,11,12). The zero-order chi connectivity index (χ0) is 10.0. The second kappa shape index (κ2) is 3.60. The molecule has 0 radical (unpaired) electrons. The van der Waals surface area contributed by atoms with Crippen LogP contribution < -0.4 is 0 Å². The first kappa shape index (κ1) is 9.77. The molecule has 4 heteroatoms. The number of oxazole rings is 1. The van der Waals surface area contributed by atoms with Gasteiger partial charge in [0.2, 0.25) is 0 Å². The first-order valence-electron chi connectivity index (χ1n) is 4.16. The van der Waals surface area contributed by atoms with Gasteiger partial charge in [-0.3, -0.25) is 4.79 Å². The molecule has 4 nitrogen and oxygen atoms in total. The molecule has 0 bridgehead atoms. The van der Waals surface area contributed by atoms with Crippen LogP contribution in [0.2, 0.25) is 0 Å². The molecule has 0 aromatic carbocycles. The Labute approximate surface area is 76.6 Å². The Morgan fingerprint density at radius 3 is 2.62 bits per heavy atom. The van der Waals surface area contributed by atoms with Crippen molar-refractivity contribution in [3.8, 4) is 0 Å². The van der Waals surface area contributed by atoms with E-state index in [0.717, 1.165) is 5.69 Å². The van der Waals surface area contributed by atoms with E-state index in [1.54, 1.807) is 6.92 Å². The van der Waals surface area contributed by atoms with Crippen LogP contribution in [0.3, 0.4) is 0 Å². The smallest absolute Gasteiger partial charge is 0.306 e. The normalized spacial score (nSPS) is 15.3. The fourth-order valence-corrected chi connectivity index (χ4v) is 1.19. The maximum Gasteiger partial charge on any atom is 0.306 e. The number of carboxylic acids is 1. The minimum absolute atomic E-state index is 0.139. The molecule has 0 fully saturated rings. The minimum Gasteiger partial charge on any atom is -0.481 e. The second-order valence-electron chi connectivity index (χ2n) is 3.22. The molecule has 0 amide bonds. The molecule has 1 N–H and O–H groups in total. The average Bonchev–Trinajstić information content (AvgIpc) is 2.48. The highest BCUT2D eigenvalue weighted by atomic mass is 16.4. The average molecular weight is 183 g/mol. The summed E-state index contributed by atoms with van der Waals surface area (Å²) in [5.41, 5.74) is 0.764. The van der Waals surface area contributed by atoms with Crippen molar-refractivity contribution in [1.29, 1.82) is 0 Å². The predicted octanol–water partition coefficient (Wildman–Crippen LogP) is 1.81. The predicted molar refractivity (Wildman–Crippen MR) is 46.5 cm³/mol. The number of aryl methyl sites for hydroxylation is 1. The third kappa shape index (κ3) is 1.88. The number of carboxylic acid groups (broad SMARTS) is 1. The fraction of sp³-hybridized carbons (Fsp3) is 0.556. The summed E-state index contributed by atoms with van der Waals surface area (Å²) in [5, 5.41) is 8.78. The molecular weight excluding hydrogens is 170 g/mol. The number of rotatable bonds is 3. The molecule has 0 aliphatic carbocycles. The van der Waals surface area contributed by atoms with E-state index in [-0.39, 0.29) is 5.92 Å². The molecule has 2 unspecified atom stereocenters. The van der Waals surface area contributed by atoms with Crippen molar-refractivity contribution in [2.75, 3.05) is 0 Å². The van der Waals surface area contributed by atoms with Crippen LogP contribution in [0.25, 0.3) is 0 Å². The molecule has 72 valence electrons. The molecule has 1 aromatic heterocycles. The summed E-state index contributed by atoms with van der Waals surface area (Å²) in [6.45, 7) is 5.30. The number of hydrogen-bond donors (Lipinski definition) is 1. The van der Waals surface area contributed by atoms with Gasteiger partial charge in [-0.2, -0.15) is 0 Å². The van der Waals surface area contributed by atoms with Gasteiger partial charge in [-0.05, 0) is 6.92 Å². The van der Waals surface area contributed by atoms with Crippen molar-refractivity contribution in [1.82, 2.24) is 4.98 Å². The Balaban J connectivity index is 2.85. The molecule has 13 heavy (non-hydrogen) atoms. The third-order valence-corrected chi connectivity index (χ3v) is 2.34. The topological polar surface area (TPSA) is 63.3 Å². The molecule has 0 saturated heterocycles. The van der Waals surface area contributed by atoms with E-state index in [1.807, 2.05) is 13.8 Å². The maximum absolute atomic E-state index is 10.7. The Kier molecular flexibility index (Phi) is 2.70. The van der Waals surface area contributed by atoms with Crippen LogP contribution in [0.15, 0.2) is 10.8 Å². The highest BCUT2D eigenvalue weighted by molar-refractivity contribution is 5.70. The van der Waals surface area contributed by atoms with Gasteiger partial charge in [-0.25, -0.2) is 4.98 Å². The van der Waals surface area contributed by atoms with Crippen LogP contribution in [0.4, 0.5) is 0 Å². The van der Waals surface area contributed by atoms with E-state index >= 15 is 0 Å². The lowest BCUT2D eigenvalue weighted by atomic mass is 9.93. The van der Waals surface area contributed by atoms with Gasteiger partial charge in [0.1, 0.15) is 5.76 Å². The zero-order valence-corrected chi connectivity index (χ0v) is 7.94. The van der Waals surface area contributed by atoms with Crippen molar-refractivity contribution in [2.45, 2.75) is 26.7 Å². The van der Waals surface area contributed by atoms with Crippen molar-refractivity contribution in [3.05, 3.63) is 17.8 Å². The van der Waals surface area contributed by atoms with Gasteiger partial charge in [-0.15, -0.1) is 0 Å². The number of hydrogen-bond acceptors (Lipinski definition) is 3. The number of nitrogens with zero attached hydrogens (tertiary/aromatic N) is 1. The van der Waals surface area contributed by atoms with Gasteiger partial charge >= 0.3 is 5.97 Å². The molecule has 1 heterocycles. The van der Waals surface area contributed by atoms with E-state index in [2.05, 4.69) is 4.98 Å². The Bertz CT molecular complexity index is 306. The maximum atomic E-state index is 10.7. The molecule has 1 rings (SSSR count). The summed E-state index contributed by atoms with van der Waals surface area (Å²) >= 11 is 0. The highest BCUT2D eigenvalue weighted by Crippen LogP contribution is 2.26. The molecular formula is C9H13NO3. The third-order valence-electron chi connectivity index (χ3n) is 2.34. The largest absolute Gasteiger partial charge is 0.481 e. The van der Waals surface area contributed by atoms with Crippen LogP contribution in [-0.2, 0) is 4.79 Å². The summed E-state index contributed by atoms with van der Waals surface area (Å²) in [4.78, 5) is 14.6. The van der Waals surface area contributed by atoms with Crippen LogP contribution in [0, 0.1) is 12.8 Å². The van der Waals surface area contributed by atoms with Gasteiger partial charge in [0, 0.05) is 5.92 Å². The lowest BCUT2D eigenvalue weighted by Gasteiger charge is -2.13. The van der Waals surface area contributed by atoms with Crippen molar-refractivity contribution in [3.63, 3.8) is 0 Å². The quantitative estimate of drug-likeness (QED) is 0.776. The Hall–Kier alpha value is -1.32. The van der Waals surface area contributed by atoms with Crippen LogP contribution in [0.1, 0.15) is 31.2 Å². The summed E-state index contributed by atoms with van der Waals surface area (Å²) in [6, 6.07) is 0. The summed E-state index contributed by atoms with van der Waals surface area (Å²) in [5.74, 6) is -0.746. The van der Waals surface area contributed by atoms with E-state index in [1.165, 1.54) is 6.39 Å². The summed E-state index contributed by atoms with van der Waals surface area (Å²) in [7, 11) is 0. The molecule has 0 aliphatic heterocycles. The van der Waals surface area contributed by atoms with Crippen molar-refractivity contribution >= 4 is 5.97 Å². The van der Waals surface area contributed by atoms with Gasteiger partial charge in [-0.1, -0.05) is 13.8 Å². The molecule has 2 atom stereocenters. The number of aromatic nitrogens is 1. The van der Waals surface area contributed by atoms with Crippen LogP contribution in [-0.4, -0.2) is 16.1 Å². The van der Waals surface area contributed by atoms with Gasteiger partial charge in [0.25, 0.3) is 0 Å². The summed E-state index contributed by atoms with van der Waals surface area (Å²) in [6.07, 6.45) is 1.34. The van der Waals surface area contributed by atoms with Crippen molar-refractivity contribution < 1.29 is 14.3 Å². The van der Waals surface area contributed by atoms with Crippen LogP contribution >= 0.6 is 0 Å². The van der Waals surface area contributed by atoms with E-state index in [4.69, 9.17) is 9.52 Å². The lowest BCUT2D eigenvalue weighted by Crippen LogP contribution is -2.16. The van der Waals surface area contributed by atoms with Gasteiger partial charge < -0.3 is 9.52 Å². The Morgan fingerprint density at radius 1 is 1.62 bits per heavy atom. The number of aliphatic carboxylic acids is 1. The first-order chi connectivity index (χ1) is 6.04. The first-order valence-corrected chi connectivity index (χ1v) is 4.16. The molecule has 0 aliphatic rings. The monoisotopic (exact) mass is 183 g/mol. The molecule has 1 aromatic rings. The SMILES string of the molecule is Cc1ncoc1C(C)C(C)C(=O)O. The van der Waals surface area contributed by atoms with Crippen molar-refractivity contribution in [2.24, 2.45) is 5.92 Å². The minimum atomic E-state index is -0.816. The van der Waals surface area contributed by atoms with Gasteiger partial charge in [0.15, 0.2) is 6.39 Å². The second-order valence-corrected chi connectivity index (χ2v) is 3.22. The van der Waals surface area contributed by atoms with E-state index in [9.17, 15) is 4.79 Å². The van der Waals surface area contributed by atoms with Gasteiger partial charge in [0.05, 0.1) is 11.6 Å². The molecule has 0 spiro atoms. The van der Waals surface area contributed by atoms with Crippen LogP contribution in [0.5, 0.6) is 0 Å². The van der Waals surface area contributed by atoms with E-state index < -0.39 is 11.9 Å². The Morgan fingerprint density at radius 2 is 2.23 bits per heavy atom. The zero-order valence-electron chi connectivity index (χ0n) is 7.94. The number of carbonyl (C=O) groups is 1. The fourth-order valence-electron chi connectivity index (χ4n) is 1.19. The van der Waals surface area contributed by atoms with E-state index in [0.29, 0.717) is 5.76 Å². The molecule has 0 saturated carbocycles.